The van der Waals surface area contributed by atoms with E-state index in [0.717, 1.165) is 22.3 Å². The van der Waals surface area contributed by atoms with Crippen molar-refractivity contribution in [3.8, 4) is 0 Å². The number of rotatable bonds is 6. The molecule has 0 fully saturated rings. The van der Waals surface area contributed by atoms with Gasteiger partial charge in [0.25, 0.3) is 0 Å². The highest BCUT2D eigenvalue weighted by atomic mass is 35.5. The molecule has 0 spiro atoms. The van der Waals surface area contributed by atoms with Gasteiger partial charge in [-0.1, -0.05) is 76.8 Å². The second-order valence-electron chi connectivity index (χ2n) is 7.22. The fourth-order valence-electron chi connectivity index (χ4n) is 3.23. The number of halogens is 2. The van der Waals surface area contributed by atoms with Crippen LogP contribution in [0.25, 0.3) is 6.08 Å². The standard InChI is InChI=1S/C24H22Cl2O2S/c1-17-11-18(2)13-21(12-17)15-24(14-19-3-7-22(25)8-4-19)29(27,28)16-20-5-9-23(26)10-6-20/h3-13,15H,14,16H2,1-2H3. The zero-order valence-corrected chi connectivity index (χ0v) is 18.7. The summed E-state index contributed by atoms with van der Waals surface area (Å²) in [5.41, 5.74) is 4.67. The molecule has 0 aliphatic rings. The van der Waals surface area contributed by atoms with Crippen LogP contribution in [0.4, 0.5) is 0 Å². The van der Waals surface area contributed by atoms with Crippen LogP contribution in [-0.2, 0) is 22.0 Å². The van der Waals surface area contributed by atoms with Gasteiger partial charge in [-0.05, 0) is 60.9 Å². The third-order valence-electron chi connectivity index (χ3n) is 4.53. The Morgan fingerprint density at radius 2 is 1.28 bits per heavy atom. The molecule has 0 heterocycles. The Morgan fingerprint density at radius 1 is 0.793 bits per heavy atom. The molecular formula is C24H22Cl2O2S. The van der Waals surface area contributed by atoms with E-state index in [1.165, 1.54) is 0 Å². The van der Waals surface area contributed by atoms with E-state index >= 15 is 0 Å². The summed E-state index contributed by atoms with van der Waals surface area (Å²) in [6, 6.07) is 20.2. The number of benzene rings is 3. The molecule has 3 aromatic rings. The summed E-state index contributed by atoms with van der Waals surface area (Å²) in [6.45, 7) is 4.01. The molecule has 29 heavy (non-hydrogen) atoms. The van der Waals surface area contributed by atoms with Crippen molar-refractivity contribution in [2.45, 2.75) is 26.0 Å². The van der Waals surface area contributed by atoms with Gasteiger partial charge in [0.15, 0.2) is 9.84 Å². The monoisotopic (exact) mass is 444 g/mol. The largest absolute Gasteiger partial charge is 0.224 e. The summed E-state index contributed by atoms with van der Waals surface area (Å²) >= 11 is 11.9. The maximum Gasteiger partial charge on any atom is 0.179 e. The minimum Gasteiger partial charge on any atom is -0.224 e. The van der Waals surface area contributed by atoms with E-state index in [4.69, 9.17) is 23.2 Å². The molecule has 0 unspecified atom stereocenters. The summed E-state index contributed by atoms with van der Waals surface area (Å²) in [6.07, 6.45) is 2.08. The molecular weight excluding hydrogens is 423 g/mol. The number of hydrogen-bond donors (Lipinski definition) is 0. The minimum atomic E-state index is -3.54. The van der Waals surface area contributed by atoms with Crippen LogP contribution in [0.3, 0.4) is 0 Å². The van der Waals surface area contributed by atoms with Crippen LogP contribution in [0.5, 0.6) is 0 Å². The summed E-state index contributed by atoms with van der Waals surface area (Å²) < 4.78 is 26.6. The lowest BCUT2D eigenvalue weighted by atomic mass is 10.1. The molecule has 0 saturated carbocycles. The van der Waals surface area contributed by atoms with E-state index in [0.29, 0.717) is 26.9 Å². The minimum absolute atomic E-state index is 0.0750. The molecule has 0 saturated heterocycles. The van der Waals surface area contributed by atoms with E-state index in [1.807, 2.05) is 38.1 Å². The Bertz CT molecular complexity index is 1110. The summed E-state index contributed by atoms with van der Waals surface area (Å²) in [5.74, 6) is -0.0750. The summed E-state index contributed by atoms with van der Waals surface area (Å²) in [5, 5.41) is 1.20. The van der Waals surface area contributed by atoms with Crippen molar-refractivity contribution >= 4 is 39.1 Å². The molecule has 0 N–H and O–H groups in total. The van der Waals surface area contributed by atoms with E-state index in [9.17, 15) is 8.42 Å². The van der Waals surface area contributed by atoms with Crippen molar-refractivity contribution in [1.82, 2.24) is 0 Å². The Hall–Kier alpha value is -2.07. The predicted molar refractivity (Wildman–Crippen MR) is 123 cm³/mol. The Kier molecular flexibility index (Phi) is 6.84. The maximum atomic E-state index is 13.3. The van der Waals surface area contributed by atoms with Gasteiger partial charge in [-0.25, -0.2) is 8.42 Å². The van der Waals surface area contributed by atoms with Crippen LogP contribution in [0.15, 0.2) is 71.6 Å². The van der Waals surface area contributed by atoms with Gasteiger partial charge in [0.2, 0.25) is 0 Å². The van der Waals surface area contributed by atoms with Crippen LogP contribution >= 0.6 is 23.2 Å². The second-order valence-corrected chi connectivity index (χ2v) is 10.1. The SMILES string of the molecule is Cc1cc(C)cc(C=C(Cc2ccc(Cl)cc2)S(=O)(=O)Cc2ccc(Cl)cc2)c1. The molecule has 0 aliphatic carbocycles. The topological polar surface area (TPSA) is 34.1 Å². The fourth-order valence-corrected chi connectivity index (χ4v) is 5.00. The second kappa shape index (κ2) is 9.17. The number of sulfone groups is 1. The van der Waals surface area contributed by atoms with E-state index in [1.54, 1.807) is 42.5 Å². The Balaban J connectivity index is 2.01. The van der Waals surface area contributed by atoms with Crippen molar-refractivity contribution in [1.29, 1.82) is 0 Å². The first-order valence-electron chi connectivity index (χ1n) is 9.22. The zero-order valence-electron chi connectivity index (χ0n) is 16.3. The van der Waals surface area contributed by atoms with Gasteiger partial charge in [0, 0.05) is 21.4 Å². The number of aryl methyl sites for hydroxylation is 2. The van der Waals surface area contributed by atoms with Gasteiger partial charge < -0.3 is 0 Å². The van der Waals surface area contributed by atoms with Gasteiger partial charge in [0.05, 0.1) is 5.75 Å². The first-order chi connectivity index (χ1) is 13.7. The third kappa shape index (κ3) is 6.20. The average Bonchev–Trinajstić information content (AvgIpc) is 2.64. The van der Waals surface area contributed by atoms with E-state index in [-0.39, 0.29) is 5.75 Å². The van der Waals surface area contributed by atoms with Crippen LogP contribution in [0, 0.1) is 13.8 Å². The van der Waals surface area contributed by atoms with Crippen molar-refractivity contribution in [2.24, 2.45) is 0 Å². The molecule has 0 radical (unpaired) electrons. The van der Waals surface area contributed by atoms with Gasteiger partial charge >= 0.3 is 0 Å². The first-order valence-corrected chi connectivity index (χ1v) is 11.6. The highest BCUT2D eigenvalue weighted by molar-refractivity contribution is 7.94. The third-order valence-corrected chi connectivity index (χ3v) is 6.81. The number of allylic oxidation sites excluding steroid dienone is 1. The average molecular weight is 445 g/mol. The van der Waals surface area contributed by atoms with Crippen molar-refractivity contribution in [3.05, 3.63) is 109 Å². The molecule has 0 aromatic heterocycles. The molecule has 150 valence electrons. The summed E-state index contributed by atoms with van der Waals surface area (Å²) in [4.78, 5) is 0.375. The van der Waals surface area contributed by atoms with Crippen LogP contribution in [0.2, 0.25) is 10.0 Å². The fraction of sp³-hybridized carbons (Fsp3) is 0.167. The molecule has 5 heteroatoms. The Labute approximate surface area is 182 Å². The van der Waals surface area contributed by atoms with Crippen molar-refractivity contribution in [3.63, 3.8) is 0 Å². The first kappa shape index (κ1) is 21.6. The molecule has 3 aromatic carbocycles. The van der Waals surface area contributed by atoms with Crippen LogP contribution in [0.1, 0.15) is 27.8 Å². The number of hydrogen-bond acceptors (Lipinski definition) is 2. The summed E-state index contributed by atoms with van der Waals surface area (Å²) in [7, 11) is -3.54. The van der Waals surface area contributed by atoms with Gasteiger partial charge in [-0.15, -0.1) is 0 Å². The van der Waals surface area contributed by atoms with Gasteiger partial charge in [-0.3, -0.25) is 0 Å². The lowest BCUT2D eigenvalue weighted by Gasteiger charge is -2.11. The highest BCUT2D eigenvalue weighted by Crippen LogP contribution is 2.24. The molecule has 3 rings (SSSR count). The van der Waals surface area contributed by atoms with Crippen molar-refractivity contribution < 1.29 is 8.42 Å². The smallest absolute Gasteiger partial charge is 0.179 e. The molecule has 2 nitrogen and oxygen atoms in total. The van der Waals surface area contributed by atoms with E-state index in [2.05, 4.69) is 6.07 Å². The van der Waals surface area contributed by atoms with E-state index < -0.39 is 9.84 Å². The quantitative estimate of drug-likeness (QED) is 0.418. The molecule has 0 bridgehead atoms. The van der Waals surface area contributed by atoms with Gasteiger partial charge in [-0.2, -0.15) is 0 Å². The van der Waals surface area contributed by atoms with Crippen LogP contribution in [-0.4, -0.2) is 8.42 Å². The maximum absolute atomic E-state index is 13.3. The molecule has 0 atom stereocenters. The zero-order chi connectivity index (χ0) is 21.0. The highest BCUT2D eigenvalue weighted by Gasteiger charge is 2.19. The molecule has 0 amide bonds. The Morgan fingerprint density at radius 3 is 1.79 bits per heavy atom. The van der Waals surface area contributed by atoms with Crippen molar-refractivity contribution in [2.75, 3.05) is 0 Å². The normalized spacial score (nSPS) is 12.2. The van der Waals surface area contributed by atoms with Crippen LogP contribution < -0.4 is 0 Å². The predicted octanol–water partition coefficient (Wildman–Crippen LogP) is 6.81. The lowest BCUT2D eigenvalue weighted by Crippen LogP contribution is -2.10. The lowest BCUT2D eigenvalue weighted by molar-refractivity contribution is 0.600. The van der Waals surface area contributed by atoms with Gasteiger partial charge in [0.1, 0.15) is 0 Å². The molecule has 0 aliphatic heterocycles.